The van der Waals surface area contributed by atoms with Crippen molar-refractivity contribution in [3.63, 3.8) is 0 Å². The van der Waals surface area contributed by atoms with Gasteiger partial charge in [-0.15, -0.1) is 11.3 Å². The van der Waals surface area contributed by atoms with Crippen LogP contribution in [0.4, 0.5) is 0 Å². The van der Waals surface area contributed by atoms with Gasteiger partial charge in [0.25, 0.3) is 0 Å². The van der Waals surface area contributed by atoms with Crippen LogP contribution in [0.2, 0.25) is 0 Å². The van der Waals surface area contributed by atoms with Crippen LogP contribution in [0.25, 0.3) is 43.7 Å². The third kappa shape index (κ3) is 2.78. The zero-order valence-corrected chi connectivity index (χ0v) is 16.7. The lowest BCUT2D eigenvalue weighted by Crippen LogP contribution is -1.86. The van der Waals surface area contributed by atoms with E-state index in [1.165, 1.54) is 43.0 Å². The molecule has 136 valence electrons. The monoisotopic (exact) mass is 380 g/mol. The fourth-order valence-corrected chi connectivity index (χ4v) is 4.97. The minimum atomic E-state index is 0.941. The van der Waals surface area contributed by atoms with Gasteiger partial charge in [-0.2, -0.15) is 0 Å². The van der Waals surface area contributed by atoms with E-state index in [0.717, 1.165) is 11.3 Å². The predicted molar refractivity (Wildman–Crippen MR) is 120 cm³/mol. The Kier molecular flexibility index (Phi) is 4.14. The summed E-state index contributed by atoms with van der Waals surface area (Å²) in [6.07, 6.45) is 0. The molecule has 0 spiro atoms. The molecule has 0 amide bonds. The van der Waals surface area contributed by atoms with Crippen molar-refractivity contribution in [2.45, 2.75) is 13.8 Å². The number of rotatable bonds is 3. The Hall–Kier alpha value is -3.10. The number of para-hydroxylation sites is 1. The van der Waals surface area contributed by atoms with Crippen molar-refractivity contribution in [2.75, 3.05) is 0 Å². The number of fused-ring (bicyclic) bond motifs is 1. The molecule has 0 fully saturated rings. The molecule has 2 aromatic heterocycles. The van der Waals surface area contributed by atoms with E-state index >= 15 is 0 Å². The fourth-order valence-electron chi connectivity index (χ4n) is 3.93. The largest absolute Gasteiger partial charge is 0.461 e. The molecule has 0 unspecified atom stereocenters. The summed E-state index contributed by atoms with van der Waals surface area (Å²) in [5.74, 6) is 0.963. The second-order valence-electron chi connectivity index (χ2n) is 7.02. The Morgan fingerprint density at radius 1 is 0.679 bits per heavy atom. The number of hydrogen-bond donors (Lipinski definition) is 0. The maximum absolute atomic E-state index is 6.05. The first-order chi connectivity index (χ1) is 13.7. The van der Waals surface area contributed by atoms with Gasteiger partial charge in [0.2, 0.25) is 0 Å². The highest BCUT2D eigenvalue weighted by atomic mass is 32.1. The van der Waals surface area contributed by atoms with Crippen LogP contribution in [0.3, 0.4) is 0 Å². The molecule has 0 aliphatic carbocycles. The molecule has 0 atom stereocenters. The summed E-state index contributed by atoms with van der Waals surface area (Å²) in [4.78, 5) is 2.63. The molecule has 0 aliphatic heterocycles. The lowest BCUT2D eigenvalue weighted by atomic mass is 9.93. The second kappa shape index (κ2) is 6.81. The molecule has 0 saturated carbocycles. The maximum atomic E-state index is 6.05. The average Bonchev–Trinajstić information content (AvgIpc) is 3.28. The van der Waals surface area contributed by atoms with Crippen molar-refractivity contribution in [3.05, 3.63) is 95.6 Å². The van der Waals surface area contributed by atoms with Crippen molar-refractivity contribution < 1.29 is 4.42 Å². The van der Waals surface area contributed by atoms with Gasteiger partial charge in [0, 0.05) is 20.7 Å². The van der Waals surface area contributed by atoms with Crippen LogP contribution >= 0.6 is 11.3 Å². The Morgan fingerprint density at radius 2 is 1.36 bits per heavy atom. The molecule has 28 heavy (non-hydrogen) atoms. The highest BCUT2D eigenvalue weighted by molar-refractivity contribution is 7.16. The number of hydrogen-bond acceptors (Lipinski definition) is 2. The molecular formula is C26H20OS. The zero-order valence-electron chi connectivity index (χ0n) is 15.9. The van der Waals surface area contributed by atoms with Crippen LogP contribution in [-0.4, -0.2) is 0 Å². The minimum absolute atomic E-state index is 0.941. The summed E-state index contributed by atoms with van der Waals surface area (Å²) in [6, 6.07) is 29.9. The first kappa shape index (κ1) is 17.0. The molecule has 0 bridgehead atoms. The average molecular weight is 381 g/mol. The topological polar surface area (TPSA) is 13.1 Å². The smallest absolute Gasteiger partial charge is 0.134 e. The third-order valence-electron chi connectivity index (χ3n) is 5.23. The van der Waals surface area contributed by atoms with E-state index in [9.17, 15) is 0 Å². The van der Waals surface area contributed by atoms with E-state index in [4.69, 9.17) is 4.42 Å². The van der Waals surface area contributed by atoms with Gasteiger partial charge >= 0.3 is 0 Å². The Morgan fingerprint density at radius 3 is 2.18 bits per heavy atom. The van der Waals surface area contributed by atoms with Crippen molar-refractivity contribution in [1.82, 2.24) is 0 Å². The quantitative estimate of drug-likeness (QED) is 0.308. The van der Waals surface area contributed by atoms with Gasteiger partial charge in [-0.3, -0.25) is 0 Å². The van der Waals surface area contributed by atoms with Crippen LogP contribution in [-0.2, 0) is 0 Å². The van der Waals surface area contributed by atoms with Crippen molar-refractivity contribution in [1.29, 1.82) is 0 Å². The van der Waals surface area contributed by atoms with Gasteiger partial charge in [0.1, 0.15) is 11.3 Å². The normalized spacial score (nSPS) is 11.2. The summed E-state index contributed by atoms with van der Waals surface area (Å²) in [5.41, 5.74) is 7.18. The van der Waals surface area contributed by atoms with Crippen molar-refractivity contribution in [3.8, 4) is 32.7 Å². The lowest BCUT2D eigenvalue weighted by Gasteiger charge is -2.09. The zero-order chi connectivity index (χ0) is 19.1. The molecule has 5 aromatic rings. The molecule has 5 rings (SSSR count). The second-order valence-corrected chi connectivity index (χ2v) is 8.28. The first-order valence-electron chi connectivity index (χ1n) is 9.46. The molecule has 0 N–H and O–H groups in total. The van der Waals surface area contributed by atoms with Gasteiger partial charge in [0.15, 0.2) is 0 Å². The SMILES string of the molecule is Cc1oc2ccccc2c1-c1ccccc1-c1cc(-c2ccccc2)sc1C. The number of furan rings is 1. The van der Waals surface area contributed by atoms with E-state index in [0.29, 0.717) is 0 Å². The summed E-state index contributed by atoms with van der Waals surface area (Å²) in [6.45, 7) is 4.27. The van der Waals surface area contributed by atoms with E-state index in [2.05, 4.69) is 86.6 Å². The molecule has 2 heteroatoms. The highest BCUT2D eigenvalue weighted by Gasteiger charge is 2.18. The lowest BCUT2D eigenvalue weighted by molar-refractivity contribution is 0.580. The van der Waals surface area contributed by atoms with E-state index in [1.807, 2.05) is 23.5 Å². The highest BCUT2D eigenvalue weighted by Crippen LogP contribution is 2.43. The van der Waals surface area contributed by atoms with Crippen molar-refractivity contribution >= 4 is 22.3 Å². The Bertz CT molecular complexity index is 1270. The molecule has 0 aliphatic rings. The maximum Gasteiger partial charge on any atom is 0.134 e. The molecule has 1 nitrogen and oxygen atoms in total. The van der Waals surface area contributed by atoms with E-state index in [-0.39, 0.29) is 0 Å². The molecule has 0 saturated heterocycles. The van der Waals surface area contributed by atoms with Crippen LogP contribution < -0.4 is 0 Å². The number of benzene rings is 3. The van der Waals surface area contributed by atoms with Gasteiger partial charge in [-0.05, 0) is 48.2 Å². The Balaban J connectivity index is 1.72. The van der Waals surface area contributed by atoms with Crippen LogP contribution in [0, 0.1) is 13.8 Å². The van der Waals surface area contributed by atoms with Crippen LogP contribution in [0.15, 0.2) is 89.3 Å². The number of aryl methyl sites for hydroxylation is 2. The summed E-state index contributed by atoms with van der Waals surface area (Å²) in [7, 11) is 0. The van der Waals surface area contributed by atoms with Gasteiger partial charge in [-0.1, -0.05) is 72.8 Å². The van der Waals surface area contributed by atoms with E-state index in [1.54, 1.807) is 0 Å². The number of thiophene rings is 1. The summed E-state index contributed by atoms with van der Waals surface area (Å²) in [5, 5.41) is 1.17. The standard InChI is InChI=1S/C26H20OS/c1-17-26(22-14-8-9-15-24(22)27-17)21-13-7-6-12-20(21)23-16-25(28-18(23)2)19-10-4-3-5-11-19/h3-16H,1-2H3. The predicted octanol–water partition coefficient (Wildman–Crippen LogP) is 8.11. The third-order valence-corrected chi connectivity index (χ3v) is 6.33. The van der Waals surface area contributed by atoms with Crippen LogP contribution in [0.5, 0.6) is 0 Å². The summed E-state index contributed by atoms with van der Waals surface area (Å²) < 4.78 is 6.05. The Labute approximate surface area is 168 Å². The van der Waals surface area contributed by atoms with Crippen molar-refractivity contribution in [2.24, 2.45) is 0 Å². The molecule has 2 heterocycles. The van der Waals surface area contributed by atoms with Gasteiger partial charge < -0.3 is 4.42 Å². The van der Waals surface area contributed by atoms with Gasteiger partial charge in [0.05, 0.1) is 0 Å². The van der Waals surface area contributed by atoms with Crippen LogP contribution in [0.1, 0.15) is 10.6 Å². The minimum Gasteiger partial charge on any atom is -0.461 e. The first-order valence-corrected chi connectivity index (χ1v) is 10.3. The molecule has 3 aromatic carbocycles. The fraction of sp³-hybridized carbons (Fsp3) is 0.0769. The molecule has 0 radical (unpaired) electrons. The van der Waals surface area contributed by atoms with E-state index < -0.39 is 0 Å². The van der Waals surface area contributed by atoms with Gasteiger partial charge in [-0.25, -0.2) is 0 Å². The molecular weight excluding hydrogens is 360 g/mol. The summed E-state index contributed by atoms with van der Waals surface area (Å²) >= 11 is 1.85.